The van der Waals surface area contributed by atoms with Gasteiger partial charge in [0.15, 0.2) is 6.29 Å². The molecule has 0 fully saturated rings. The molecule has 0 radical (unpaired) electrons. The van der Waals surface area contributed by atoms with Crippen LogP contribution in [0.4, 0.5) is 0 Å². The van der Waals surface area contributed by atoms with Crippen molar-refractivity contribution < 1.29 is 18.6 Å². The minimum atomic E-state index is -2.47. The summed E-state index contributed by atoms with van der Waals surface area (Å²) in [5.41, 5.74) is 0.619. The zero-order valence-electron chi connectivity index (χ0n) is 11.0. The smallest absolute Gasteiger partial charge is 0.221 e. The number of methoxy groups -OCH3 is 1. The lowest BCUT2D eigenvalue weighted by atomic mass is 10.1. The number of rotatable bonds is 6. The highest BCUT2D eigenvalue weighted by atomic mass is 31.1. The molecule has 2 rings (SSSR count). The maximum atomic E-state index is 12.1. The fourth-order valence-corrected chi connectivity index (χ4v) is 2.77. The van der Waals surface area contributed by atoms with Crippen molar-refractivity contribution >= 4 is 19.6 Å². The third kappa shape index (κ3) is 3.56. The number of carbonyl (C=O) groups excluding carboxylic acids is 1. The van der Waals surface area contributed by atoms with Crippen LogP contribution in [0.1, 0.15) is 11.7 Å². The van der Waals surface area contributed by atoms with Gasteiger partial charge in [0.2, 0.25) is 8.03 Å². The van der Waals surface area contributed by atoms with Crippen molar-refractivity contribution in [2.75, 3.05) is 7.11 Å². The molecule has 0 N–H and O–H groups in total. The van der Waals surface area contributed by atoms with E-state index in [0.717, 1.165) is 0 Å². The largest absolute Gasteiger partial charge is 0.497 e. The molecule has 2 atom stereocenters. The number of ether oxygens (including phenoxy) is 1. The van der Waals surface area contributed by atoms with Crippen LogP contribution in [0.5, 0.6) is 5.75 Å². The summed E-state index contributed by atoms with van der Waals surface area (Å²) >= 11 is 0. The zero-order chi connectivity index (χ0) is 14.4. The molecule has 0 amide bonds. The van der Waals surface area contributed by atoms with Crippen molar-refractivity contribution in [3.8, 4) is 5.75 Å². The Morgan fingerprint density at radius 3 is 2.50 bits per heavy atom. The summed E-state index contributed by atoms with van der Waals surface area (Å²) in [4.78, 5) is 11.2. The van der Waals surface area contributed by atoms with Gasteiger partial charge in [0.05, 0.1) is 7.11 Å². The molecule has 0 aromatic heterocycles. The molecule has 2 unspecified atom stereocenters. The highest BCUT2D eigenvalue weighted by Crippen LogP contribution is 2.31. The molecule has 0 saturated carbocycles. The molecule has 20 heavy (non-hydrogen) atoms. The molecule has 0 aliphatic rings. The zero-order valence-corrected chi connectivity index (χ0v) is 12.0. The highest BCUT2D eigenvalue weighted by molar-refractivity contribution is 7.48. The summed E-state index contributed by atoms with van der Waals surface area (Å²) in [6, 6.07) is 15.8. The number of benzene rings is 2. The first kappa shape index (κ1) is 14.5. The second kappa shape index (κ2) is 7.04. The molecule has 0 saturated heterocycles. The van der Waals surface area contributed by atoms with Gasteiger partial charge in [-0.05, 0) is 29.8 Å². The molecule has 4 nitrogen and oxygen atoms in total. The van der Waals surface area contributed by atoms with E-state index in [0.29, 0.717) is 22.9 Å². The topological polar surface area (TPSA) is 52.6 Å². The van der Waals surface area contributed by atoms with Crippen molar-refractivity contribution in [2.45, 2.75) is 6.10 Å². The van der Waals surface area contributed by atoms with E-state index < -0.39 is 14.1 Å². The Kier molecular flexibility index (Phi) is 5.10. The number of aldehydes is 1. The lowest BCUT2D eigenvalue weighted by molar-refractivity contribution is -0.113. The Hall–Kier alpha value is -1.90. The van der Waals surface area contributed by atoms with E-state index in [1.54, 1.807) is 55.6 Å². The van der Waals surface area contributed by atoms with Crippen LogP contribution in [0.25, 0.3) is 0 Å². The summed E-state index contributed by atoms with van der Waals surface area (Å²) in [5, 5.41) is 0.590. The average Bonchev–Trinajstić information content (AvgIpc) is 2.53. The monoisotopic (exact) mass is 290 g/mol. The van der Waals surface area contributed by atoms with Gasteiger partial charge >= 0.3 is 0 Å². The second-order valence-electron chi connectivity index (χ2n) is 4.10. The van der Waals surface area contributed by atoms with Gasteiger partial charge in [0.1, 0.15) is 11.9 Å². The van der Waals surface area contributed by atoms with E-state index in [1.807, 2.05) is 6.07 Å². The van der Waals surface area contributed by atoms with Crippen LogP contribution < -0.4 is 10.0 Å². The lowest BCUT2D eigenvalue weighted by Gasteiger charge is -2.13. The normalized spacial score (nSPS) is 13.4. The minimum Gasteiger partial charge on any atom is -0.497 e. The van der Waals surface area contributed by atoms with E-state index >= 15 is 0 Å². The Labute approximate surface area is 118 Å². The quantitative estimate of drug-likeness (QED) is 0.606. The van der Waals surface area contributed by atoms with Gasteiger partial charge < -0.3 is 14.1 Å². The molecule has 0 aliphatic carbocycles. The van der Waals surface area contributed by atoms with Crippen LogP contribution in [0.15, 0.2) is 54.6 Å². The van der Waals surface area contributed by atoms with Crippen molar-refractivity contribution in [3.63, 3.8) is 0 Å². The van der Waals surface area contributed by atoms with Gasteiger partial charge in [-0.3, -0.25) is 4.57 Å². The van der Waals surface area contributed by atoms with E-state index in [1.165, 1.54) is 0 Å². The predicted octanol–water partition coefficient (Wildman–Crippen LogP) is 2.75. The maximum absolute atomic E-state index is 12.1. The number of hydrogen-bond acceptors (Lipinski definition) is 4. The average molecular weight is 290 g/mol. The first-order valence-electron chi connectivity index (χ1n) is 6.10. The van der Waals surface area contributed by atoms with Crippen LogP contribution in [0.3, 0.4) is 0 Å². The molecule has 5 heteroatoms. The van der Waals surface area contributed by atoms with Crippen molar-refractivity contribution in [1.82, 2.24) is 0 Å². The van der Waals surface area contributed by atoms with E-state index in [-0.39, 0.29) is 0 Å². The Bertz CT molecular complexity index is 598. The Morgan fingerprint density at radius 1 is 1.10 bits per heavy atom. The molecule has 0 bridgehead atoms. The lowest BCUT2D eigenvalue weighted by Crippen LogP contribution is -2.05. The number of carbonyl (C=O) groups is 1. The first-order chi connectivity index (χ1) is 9.74. The van der Waals surface area contributed by atoms with E-state index in [2.05, 4.69) is 0 Å². The van der Waals surface area contributed by atoms with Crippen LogP contribution in [-0.4, -0.2) is 13.4 Å². The summed E-state index contributed by atoms with van der Waals surface area (Å²) in [5.74, 6) is 0.623. The summed E-state index contributed by atoms with van der Waals surface area (Å²) < 4.78 is 22.6. The number of hydrogen-bond donors (Lipinski definition) is 0. The van der Waals surface area contributed by atoms with Crippen LogP contribution in [0, 0.1) is 0 Å². The van der Waals surface area contributed by atoms with Gasteiger partial charge in [-0.15, -0.1) is 0 Å². The molecular weight excluding hydrogens is 275 g/mol. The third-order valence-electron chi connectivity index (χ3n) is 2.79. The van der Waals surface area contributed by atoms with Crippen LogP contribution in [0.2, 0.25) is 0 Å². The van der Waals surface area contributed by atoms with Crippen molar-refractivity contribution in [2.24, 2.45) is 0 Å². The fraction of sp³-hybridized carbons (Fsp3) is 0.133. The van der Waals surface area contributed by atoms with Gasteiger partial charge in [0, 0.05) is 5.30 Å². The Balaban J connectivity index is 2.16. The molecule has 0 heterocycles. The van der Waals surface area contributed by atoms with Crippen molar-refractivity contribution in [1.29, 1.82) is 0 Å². The molecule has 104 valence electrons. The van der Waals surface area contributed by atoms with Gasteiger partial charge in [-0.1, -0.05) is 30.3 Å². The first-order valence-corrected chi connectivity index (χ1v) is 7.41. The molecule has 2 aromatic rings. The minimum absolute atomic E-state index is 0.590. The maximum Gasteiger partial charge on any atom is 0.221 e. The molecule has 2 aromatic carbocycles. The summed E-state index contributed by atoms with van der Waals surface area (Å²) in [6.45, 7) is 0. The molecule has 0 spiro atoms. The molecular formula is C15H15O4P. The predicted molar refractivity (Wildman–Crippen MR) is 78.0 cm³/mol. The third-order valence-corrected chi connectivity index (χ3v) is 4.06. The summed E-state index contributed by atoms with van der Waals surface area (Å²) in [6.07, 6.45) is -0.225. The second-order valence-corrected chi connectivity index (χ2v) is 5.49. The van der Waals surface area contributed by atoms with Gasteiger partial charge in [0.25, 0.3) is 0 Å². The summed E-state index contributed by atoms with van der Waals surface area (Å²) in [7, 11) is -0.922. The van der Waals surface area contributed by atoms with Crippen LogP contribution in [-0.2, 0) is 13.9 Å². The van der Waals surface area contributed by atoms with Gasteiger partial charge in [-0.25, -0.2) is 0 Å². The molecule has 0 aliphatic heterocycles. The Morgan fingerprint density at radius 2 is 1.85 bits per heavy atom. The standard InChI is InChI=1S/C15H15O4P/c1-18-13-7-5-6-12(10-13)15(11-16)19-20(17)14-8-3-2-4-9-14/h2-11,15,20H,1H3. The van der Waals surface area contributed by atoms with Crippen LogP contribution >= 0.6 is 8.03 Å². The van der Waals surface area contributed by atoms with E-state index in [4.69, 9.17) is 9.26 Å². The van der Waals surface area contributed by atoms with E-state index in [9.17, 15) is 9.36 Å². The highest BCUT2D eigenvalue weighted by Gasteiger charge is 2.16. The van der Waals surface area contributed by atoms with Crippen molar-refractivity contribution in [3.05, 3.63) is 60.2 Å². The fourth-order valence-electron chi connectivity index (χ4n) is 1.75. The SMILES string of the molecule is COc1cccc(C(C=O)O[PH](=O)c2ccccc2)c1. The van der Waals surface area contributed by atoms with Gasteiger partial charge in [-0.2, -0.15) is 0 Å².